The number of primary amides is 1. The number of nitrogens with two attached hydrogens (primary N) is 1. The summed E-state index contributed by atoms with van der Waals surface area (Å²) < 4.78 is 1.86. The van der Waals surface area contributed by atoms with Crippen LogP contribution in [-0.4, -0.2) is 15.7 Å². The molecule has 0 aliphatic rings. The number of nitrogens with zero attached hydrogens (tertiary/aromatic N) is 2. The SMILES string of the molecule is CCn1cc(-c2ccc(C(N)=O)cc2)cn1. The molecular weight excluding hydrogens is 202 g/mol. The Morgan fingerprint density at radius 1 is 1.31 bits per heavy atom. The lowest BCUT2D eigenvalue weighted by Gasteiger charge is -1.98. The number of aryl methyl sites for hydroxylation is 1. The van der Waals surface area contributed by atoms with Gasteiger partial charge in [0.25, 0.3) is 0 Å². The minimum atomic E-state index is -0.407. The molecule has 16 heavy (non-hydrogen) atoms. The number of carbonyl (C=O) groups excluding carboxylic acids is 1. The van der Waals surface area contributed by atoms with E-state index in [-0.39, 0.29) is 0 Å². The fourth-order valence-corrected chi connectivity index (χ4v) is 1.51. The van der Waals surface area contributed by atoms with Crippen LogP contribution in [0, 0.1) is 0 Å². The van der Waals surface area contributed by atoms with E-state index in [1.165, 1.54) is 0 Å². The highest BCUT2D eigenvalue weighted by Crippen LogP contribution is 2.18. The van der Waals surface area contributed by atoms with Crippen LogP contribution in [0.2, 0.25) is 0 Å². The number of aromatic nitrogens is 2. The summed E-state index contributed by atoms with van der Waals surface area (Å²) in [5.41, 5.74) is 7.76. The van der Waals surface area contributed by atoms with Gasteiger partial charge < -0.3 is 5.73 Å². The van der Waals surface area contributed by atoms with Crippen molar-refractivity contribution in [2.75, 3.05) is 0 Å². The maximum absolute atomic E-state index is 10.9. The third kappa shape index (κ3) is 1.95. The summed E-state index contributed by atoms with van der Waals surface area (Å²) >= 11 is 0. The molecule has 4 heteroatoms. The molecule has 0 radical (unpaired) electrons. The highest BCUT2D eigenvalue weighted by Gasteiger charge is 2.03. The lowest BCUT2D eigenvalue weighted by molar-refractivity contribution is 0.100. The zero-order valence-electron chi connectivity index (χ0n) is 9.05. The number of hydrogen-bond acceptors (Lipinski definition) is 2. The average Bonchev–Trinajstić information content (AvgIpc) is 2.77. The van der Waals surface area contributed by atoms with Gasteiger partial charge in [0, 0.05) is 23.9 Å². The van der Waals surface area contributed by atoms with E-state index >= 15 is 0 Å². The van der Waals surface area contributed by atoms with Crippen LogP contribution in [0.1, 0.15) is 17.3 Å². The molecule has 0 fully saturated rings. The summed E-state index contributed by atoms with van der Waals surface area (Å²) in [4.78, 5) is 10.9. The highest BCUT2D eigenvalue weighted by molar-refractivity contribution is 5.93. The van der Waals surface area contributed by atoms with E-state index in [9.17, 15) is 4.79 Å². The van der Waals surface area contributed by atoms with Crippen molar-refractivity contribution in [2.24, 2.45) is 5.73 Å². The topological polar surface area (TPSA) is 60.9 Å². The van der Waals surface area contributed by atoms with Crippen molar-refractivity contribution in [2.45, 2.75) is 13.5 Å². The minimum Gasteiger partial charge on any atom is -0.366 e. The number of benzene rings is 1. The van der Waals surface area contributed by atoms with Crippen molar-refractivity contribution in [1.82, 2.24) is 9.78 Å². The summed E-state index contributed by atoms with van der Waals surface area (Å²) in [5.74, 6) is -0.407. The molecule has 0 aliphatic carbocycles. The molecule has 1 aromatic carbocycles. The van der Waals surface area contributed by atoms with Gasteiger partial charge in [0.1, 0.15) is 0 Å². The van der Waals surface area contributed by atoms with Gasteiger partial charge in [-0.15, -0.1) is 0 Å². The zero-order valence-corrected chi connectivity index (χ0v) is 9.05. The maximum atomic E-state index is 10.9. The lowest BCUT2D eigenvalue weighted by Crippen LogP contribution is -2.10. The second-order valence-corrected chi connectivity index (χ2v) is 3.53. The van der Waals surface area contributed by atoms with Crippen LogP contribution < -0.4 is 5.73 Å². The average molecular weight is 215 g/mol. The molecule has 0 atom stereocenters. The van der Waals surface area contributed by atoms with Crippen LogP contribution in [0.5, 0.6) is 0 Å². The predicted molar refractivity (Wildman–Crippen MR) is 61.9 cm³/mol. The summed E-state index contributed by atoms with van der Waals surface area (Å²) in [6.45, 7) is 2.88. The minimum absolute atomic E-state index is 0.407. The third-order valence-electron chi connectivity index (χ3n) is 2.46. The Kier molecular flexibility index (Phi) is 2.72. The number of amides is 1. The quantitative estimate of drug-likeness (QED) is 0.846. The van der Waals surface area contributed by atoms with E-state index < -0.39 is 5.91 Å². The molecule has 0 saturated heterocycles. The highest BCUT2D eigenvalue weighted by atomic mass is 16.1. The van der Waals surface area contributed by atoms with E-state index in [4.69, 9.17) is 5.73 Å². The molecule has 2 N–H and O–H groups in total. The van der Waals surface area contributed by atoms with E-state index in [1.54, 1.807) is 12.1 Å². The van der Waals surface area contributed by atoms with E-state index in [1.807, 2.05) is 36.1 Å². The molecule has 2 rings (SSSR count). The molecule has 0 saturated carbocycles. The van der Waals surface area contributed by atoms with Crippen molar-refractivity contribution in [3.05, 3.63) is 42.2 Å². The van der Waals surface area contributed by atoms with Crippen molar-refractivity contribution in [3.63, 3.8) is 0 Å². The summed E-state index contributed by atoms with van der Waals surface area (Å²) in [7, 11) is 0. The molecule has 1 heterocycles. The number of hydrogen-bond donors (Lipinski definition) is 1. The van der Waals surface area contributed by atoms with Gasteiger partial charge in [-0.05, 0) is 24.6 Å². The van der Waals surface area contributed by atoms with Crippen molar-refractivity contribution in [1.29, 1.82) is 0 Å². The Morgan fingerprint density at radius 3 is 2.50 bits per heavy atom. The standard InChI is InChI=1S/C12H13N3O/c1-2-15-8-11(7-14-15)9-3-5-10(6-4-9)12(13)16/h3-8H,2H2,1H3,(H2,13,16). The van der Waals surface area contributed by atoms with E-state index in [0.29, 0.717) is 5.56 Å². The molecule has 2 aromatic rings. The van der Waals surface area contributed by atoms with Crippen molar-refractivity contribution in [3.8, 4) is 11.1 Å². The smallest absolute Gasteiger partial charge is 0.248 e. The first-order valence-corrected chi connectivity index (χ1v) is 5.13. The van der Waals surface area contributed by atoms with Crippen molar-refractivity contribution < 1.29 is 4.79 Å². The molecule has 1 amide bonds. The first-order valence-electron chi connectivity index (χ1n) is 5.13. The van der Waals surface area contributed by atoms with Crippen LogP contribution in [0.4, 0.5) is 0 Å². The second kappa shape index (κ2) is 4.18. The molecule has 1 aromatic heterocycles. The van der Waals surface area contributed by atoms with Crippen molar-refractivity contribution >= 4 is 5.91 Å². The fraction of sp³-hybridized carbons (Fsp3) is 0.167. The molecule has 4 nitrogen and oxygen atoms in total. The van der Waals surface area contributed by atoms with E-state index in [2.05, 4.69) is 5.10 Å². The fourth-order valence-electron chi connectivity index (χ4n) is 1.51. The largest absolute Gasteiger partial charge is 0.366 e. The molecule has 0 unspecified atom stereocenters. The third-order valence-corrected chi connectivity index (χ3v) is 2.46. The molecular formula is C12H13N3O. The van der Waals surface area contributed by atoms with Gasteiger partial charge in [0.15, 0.2) is 0 Å². The van der Waals surface area contributed by atoms with E-state index in [0.717, 1.165) is 17.7 Å². The number of carbonyl (C=O) groups is 1. The van der Waals surface area contributed by atoms with Crippen LogP contribution in [0.15, 0.2) is 36.7 Å². The van der Waals surface area contributed by atoms with Crippen LogP contribution in [0.3, 0.4) is 0 Å². The monoisotopic (exact) mass is 215 g/mol. The Morgan fingerprint density at radius 2 is 2.00 bits per heavy atom. The van der Waals surface area contributed by atoms with Crippen LogP contribution in [-0.2, 0) is 6.54 Å². The normalized spacial score (nSPS) is 10.3. The molecule has 82 valence electrons. The summed E-state index contributed by atoms with van der Waals surface area (Å²) in [6, 6.07) is 7.19. The number of rotatable bonds is 3. The Balaban J connectivity index is 2.30. The van der Waals surface area contributed by atoms with Crippen LogP contribution in [0.25, 0.3) is 11.1 Å². The molecule has 0 spiro atoms. The Labute approximate surface area is 93.7 Å². The molecule has 0 bridgehead atoms. The van der Waals surface area contributed by atoms with Crippen LogP contribution >= 0.6 is 0 Å². The van der Waals surface area contributed by atoms with Gasteiger partial charge in [-0.1, -0.05) is 12.1 Å². The Hall–Kier alpha value is -2.10. The Bertz CT molecular complexity index is 499. The van der Waals surface area contributed by atoms with Gasteiger partial charge in [0.2, 0.25) is 5.91 Å². The second-order valence-electron chi connectivity index (χ2n) is 3.53. The maximum Gasteiger partial charge on any atom is 0.248 e. The van der Waals surface area contributed by atoms with Gasteiger partial charge >= 0.3 is 0 Å². The lowest BCUT2D eigenvalue weighted by atomic mass is 10.1. The molecule has 0 aliphatic heterocycles. The zero-order chi connectivity index (χ0) is 11.5. The predicted octanol–water partition coefficient (Wildman–Crippen LogP) is 1.67. The van der Waals surface area contributed by atoms with Gasteiger partial charge in [0.05, 0.1) is 6.20 Å². The first-order chi connectivity index (χ1) is 7.70. The van der Waals surface area contributed by atoms with Gasteiger partial charge in [-0.25, -0.2) is 0 Å². The van der Waals surface area contributed by atoms with Gasteiger partial charge in [-0.3, -0.25) is 9.48 Å². The summed E-state index contributed by atoms with van der Waals surface area (Å²) in [6.07, 6.45) is 3.78. The first kappa shape index (κ1) is 10.4. The van der Waals surface area contributed by atoms with Gasteiger partial charge in [-0.2, -0.15) is 5.10 Å². The summed E-state index contributed by atoms with van der Waals surface area (Å²) in [5, 5.41) is 4.19.